The lowest BCUT2D eigenvalue weighted by atomic mass is 10.0. The molecule has 0 atom stereocenters. The Hall–Kier alpha value is -2.53. The Kier molecular flexibility index (Phi) is 5.47. The van der Waals surface area contributed by atoms with Gasteiger partial charge in [0.25, 0.3) is 0 Å². The van der Waals surface area contributed by atoms with E-state index < -0.39 is 0 Å². The molecule has 0 aliphatic carbocycles. The van der Waals surface area contributed by atoms with Crippen LogP contribution in [0.3, 0.4) is 0 Å². The third kappa shape index (κ3) is 4.17. The van der Waals surface area contributed by atoms with Gasteiger partial charge in [-0.15, -0.1) is 0 Å². The molecule has 0 aliphatic rings. The molecule has 26 heavy (non-hydrogen) atoms. The molecule has 0 bridgehead atoms. The first-order valence-corrected chi connectivity index (χ1v) is 9.40. The number of anilines is 1. The number of methoxy groups -OCH3 is 1. The molecular weight excluding hydrogens is 344 g/mol. The minimum Gasteiger partial charge on any atom is -0.497 e. The standard InChI is InChI=1S/C21H22N2O2S/c1-13-9-15(3)21-18(10-13)14(2)11-20(23-21)26-12-19(24)22-16-5-7-17(25-4)8-6-16/h5-11H,12H2,1-4H3,(H,22,24). The zero-order valence-electron chi connectivity index (χ0n) is 15.4. The smallest absolute Gasteiger partial charge is 0.234 e. The predicted octanol–water partition coefficient (Wildman–Crippen LogP) is 4.90. The number of carbonyl (C=O) groups is 1. The minimum atomic E-state index is -0.0552. The highest BCUT2D eigenvalue weighted by molar-refractivity contribution is 7.99. The number of nitrogens with zero attached hydrogens (tertiary/aromatic N) is 1. The van der Waals surface area contributed by atoms with E-state index in [1.54, 1.807) is 7.11 Å². The van der Waals surface area contributed by atoms with Crippen molar-refractivity contribution in [1.82, 2.24) is 4.98 Å². The van der Waals surface area contributed by atoms with Gasteiger partial charge in [0, 0.05) is 11.1 Å². The van der Waals surface area contributed by atoms with Crippen LogP contribution in [0, 0.1) is 20.8 Å². The average molecular weight is 366 g/mol. The topological polar surface area (TPSA) is 51.2 Å². The molecule has 2 aromatic carbocycles. The highest BCUT2D eigenvalue weighted by Gasteiger charge is 2.09. The summed E-state index contributed by atoms with van der Waals surface area (Å²) in [7, 11) is 1.62. The molecule has 1 amide bonds. The number of pyridine rings is 1. The molecule has 3 aromatic rings. The molecule has 1 heterocycles. The zero-order chi connectivity index (χ0) is 18.7. The lowest BCUT2D eigenvalue weighted by Crippen LogP contribution is -2.14. The lowest BCUT2D eigenvalue weighted by Gasteiger charge is -2.10. The Morgan fingerprint density at radius 3 is 2.50 bits per heavy atom. The maximum absolute atomic E-state index is 12.2. The molecule has 5 heteroatoms. The van der Waals surface area contributed by atoms with Crippen LogP contribution in [-0.2, 0) is 4.79 Å². The molecule has 0 unspecified atom stereocenters. The van der Waals surface area contributed by atoms with Crippen molar-refractivity contribution in [3.63, 3.8) is 0 Å². The van der Waals surface area contributed by atoms with Crippen molar-refractivity contribution in [2.45, 2.75) is 25.8 Å². The number of rotatable bonds is 5. The first kappa shape index (κ1) is 18.3. The molecule has 0 saturated carbocycles. The van der Waals surface area contributed by atoms with Crippen LogP contribution in [0.15, 0.2) is 47.5 Å². The molecule has 3 rings (SSSR count). The van der Waals surface area contributed by atoms with Gasteiger partial charge in [-0.3, -0.25) is 4.79 Å². The number of hydrogen-bond acceptors (Lipinski definition) is 4. The Bertz CT molecular complexity index is 952. The summed E-state index contributed by atoms with van der Waals surface area (Å²) in [6.45, 7) is 6.26. The Labute approximate surface area is 158 Å². The largest absolute Gasteiger partial charge is 0.497 e. The summed E-state index contributed by atoms with van der Waals surface area (Å²) in [5.41, 5.74) is 5.34. The summed E-state index contributed by atoms with van der Waals surface area (Å²) in [5, 5.41) is 4.93. The summed E-state index contributed by atoms with van der Waals surface area (Å²) in [5.74, 6) is 1.02. The zero-order valence-corrected chi connectivity index (χ0v) is 16.2. The van der Waals surface area contributed by atoms with Crippen molar-refractivity contribution in [3.8, 4) is 5.75 Å². The van der Waals surface area contributed by atoms with Crippen LogP contribution in [-0.4, -0.2) is 23.8 Å². The number of aryl methyl sites for hydroxylation is 3. The molecule has 0 saturated heterocycles. The first-order valence-electron chi connectivity index (χ1n) is 8.41. The summed E-state index contributed by atoms with van der Waals surface area (Å²) >= 11 is 1.45. The number of carbonyl (C=O) groups excluding carboxylic acids is 1. The van der Waals surface area contributed by atoms with E-state index in [1.165, 1.54) is 28.3 Å². The number of benzene rings is 2. The van der Waals surface area contributed by atoms with Crippen molar-refractivity contribution in [2.75, 3.05) is 18.2 Å². The second kappa shape index (κ2) is 7.79. The van der Waals surface area contributed by atoms with Gasteiger partial charge in [0.1, 0.15) is 5.75 Å². The Morgan fingerprint density at radius 2 is 1.81 bits per heavy atom. The molecular formula is C21H22N2O2S. The second-order valence-electron chi connectivity index (χ2n) is 6.32. The van der Waals surface area contributed by atoms with Gasteiger partial charge in [-0.1, -0.05) is 23.4 Å². The molecule has 0 radical (unpaired) electrons. The summed E-state index contributed by atoms with van der Waals surface area (Å²) < 4.78 is 5.12. The van der Waals surface area contributed by atoms with E-state index >= 15 is 0 Å². The quantitative estimate of drug-likeness (QED) is 0.653. The number of fused-ring (bicyclic) bond motifs is 1. The number of ether oxygens (including phenoxy) is 1. The molecule has 1 N–H and O–H groups in total. The summed E-state index contributed by atoms with van der Waals surface area (Å²) in [6, 6.07) is 13.6. The fourth-order valence-electron chi connectivity index (χ4n) is 2.90. The van der Waals surface area contributed by atoms with Crippen LogP contribution < -0.4 is 10.1 Å². The predicted molar refractivity (Wildman–Crippen MR) is 108 cm³/mol. The fourth-order valence-corrected chi connectivity index (χ4v) is 3.67. The van der Waals surface area contributed by atoms with Gasteiger partial charge >= 0.3 is 0 Å². The van der Waals surface area contributed by atoms with Gasteiger partial charge in [0.2, 0.25) is 5.91 Å². The third-order valence-electron chi connectivity index (χ3n) is 4.16. The van der Waals surface area contributed by atoms with Crippen molar-refractivity contribution in [3.05, 3.63) is 59.2 Å². The van der Waals surface area contributed by atoms with E-state index in [0.29, 0.717) is 5.75 Å². The van der Waals surface area contributed by atoms with Gasteiger partial charge in [-0.05, 0) is 68.3 Å². The van der Waals surface area contributed by atoms with Crippen molar-refractivity contribution in [2.24, 2.45) is 0 Å². The molecule has 4 nitrogen and oxygen atoms in total. The summed E-state index contributed by atoms with van der Waals surface area (Å²) in [6.07, 6.45) is 0. The van der Waals surface area contributed by atoms with Gasteiger partial charge < -0.3 is 10.1 Å². The minimum absolute atomic E-state index is 0.0552. The molecule has 134 valence electrons. The number of aromatic nitrogens is 1. The fraction of sp³-hybridized carbons (Fsp3) is 0.238. The van der Waals surface area contributed by atoms with E-state index in [2.05, 4.69) is 38.2 Å². The molecule has 1 aromatic heterocycles. The maximum atomic E-state index is 12.2. The number of hydrogen-bond donors (Lipinski definition) is 1. The van der Waals surface area contributed by atoms with Crippen LogP contribution in [0.5, 0.6) is 5.75 Å². The molecule has 0 aliphatic heterocycles. The normalized spacial score (nSPS) is 10.8. The van der Waals surface area contributed by atoms with Gasteiger partial charge in [0.15, 0.2) is 0 Å². The number of nitrogens with one attached hydrogen (secondary N) is 1. The monoisotopic (exact) mass is 366 g/mol. The van der Waals surface area contributed by atoms with Crippen LogP contribution >= 0.6 is 11.8 Å². The number of amides is 1. The van der Waals surface area contributed by atoms with Crippen molar-refractivity contribution in [1.29, 1.82) is 0 Å². The van der Waals surface area contributed by atoms with Gasteiger partial charge in [-0.25, -0.2) is 4.98 Å². The third-order valence-corrected chi connectivity index (χ3v) is 5.07. The van der Waals surface area contributed by atoms with Crippen molar-refractivity contribution >= 4 is 34.3 Å². The van der Waals surface area contributed by atoms with E-state index in [1.807, 2.05) is 30.3 Å². The van der Waals surface area contributed by atoms with E-state index in [4.69, 9.17) is 9.72 Å². The highest BCUT2D eigenvalue weighted by Crippen LogP contribution is 2.27. The number of thioether (sulfide) groups is 1. The summed E-state index contributed by atoms with van der Waals surface area (Å²) in [4.78, 5) is 17.0. The van der Waals surface area contributed by atoms with Gasteiger partial charge in [-0.2, -0.15) is 0 Å². The maximum Gasteiger partial charge on any atom is 0.234 e. The van der Waals surface area contributed by atoms with Crippen LogP contribution in [0.4, 0.5) is 5.69 Å². The first-order chi connectivity index (χ1) is 12.5. The van der Waals surface area contributed by atoms with E-state index in [0.717, 1.165) is 27.5 Å². The average Bonchev–Trinajstić information content (AvgIpc) is 2.61. The Balaban J connectivity index is 1.69. The molecule has 0 fully saturated rings. The van der Waals surface area contributed by atoms with Crippen molar-refractivity contribution < 1.29 is 9.53 Å². The molecule has 0 spiro atoms. The Morgan fingerprint density at radius 1 is 1.08 bits per heavy atom. The van der Waals surface area contributed by atoms with E-state index in [9.17, 15) is 4.79 Å². The van der Waals surface area contributed by atoms with E-state index in [-0.39, 0.29) is 5.91 Å². The van der Waals surface area contributed by atoms with Crippen LogP contribution in [0.2, 0.25) is 0 Å². The highest BCUT2D eigenvalue weighted by atomic mass is 32.2. The second-order valence-corrected chi connectivity index (χ2v) is 7.32. The van der Waals surface area contributed by atoms with Gasteiger partial charge in [0.05, 0.1) is 23.4 Å². The van der Waals surface area contributed by atoms with Crippen LogP contribution in [0.25, 0.3) is 10.9 Å². The van der Waals surface area contributed by atoms with Crippen LogP contribution in [0.1, 0.15) is 16.7 Å². The lowest BCUT2D eigenvalue weighted by molar-refractivity contribution is -0.113. The SMILES string of the molecule is COc1ccc(NC(=O)CSc2cc(C)c3cc(C)cc(C)c3n2)cc1.